The molecule has 0 aliphatic heterocycles. The molecule has 0 radical (unpaired) electrons. The minimum atomic E-state index is 0.228. The number of ether oxygens (including phenoxy) is 1. The van der Waals surface area contributed by atoms with Crippen LogP contribution in [-0.2, 0) is 5.41 Å². The molecule has 0 saturated heterocycles. The molecule has 1 aliphatic rings. The smallest absolute Gasteiger partial charge is 0.126 e. The van der Waals surface area contributed by atoms with Crippen molar-refractivity contribution in [2.75, 3.05) is 13.7 Å². The molecule has 0 unspecified atom stereocenters. The van der Waals surface area contributed by atoms with E-state index < -0.39 is 0 Å². The van der Waals surface area contributed by atoms with Crippen LogP contribution >= 0.6 is 0 Å². The van der Waals surface area contributed by atoms with Crippen molar-refractivity contribution < 1.29 is 4.74 Å². The minimum absolute atomic E-state index is 0.228. The Kier molecular flexibility index (Phi) is 2.33. The van der Waals surface area contributed by atoms with Crippen molar-refractivity contribution in [1.29, 1.82) is 0 Å². The van der Waals surface area contributed by atoms with Gasteiger partial charge in [0.05, 0.1) is 7.11 Å². The zero-order valence-corrected chi connectivity index (χ0v) is 10.1. The van der Waals surface area contributed by atoms with Crippen LogP contribution in [0.15, 0.2) is 36.4 Å². The molecule has 88 valence electrons. The highest BCUT2D eigenvalue weighted by Gasteiger charge is 2.43. The van der Waals surface area contributed by atoms with Gasteiger partial charge in [-0.2, -0.15) is 0 Å². The van der Waals surface area contributed by atoms with E-state index in [9.17, 15) is 0 Å². The summed E-state index contributed by atoms with van der Waals surface area (Å²) in [7, 11) is 1.72. The molecule has 0 aromatic heterocycles. The molecule has 2 aromatic rings. The second-order valence-corrected chi connectivity index (χ2v) is 4.85. The molecule has 1 aliphatic carbocycles. The second-order valence-electron chi connectivity index (χ2n) is 4.85. The number of hydrogen-bond acceptors (Lipinski definition) is 2. The van der Waals surface area contributed by atoms with Gasteiger partial charge in [-0.3, -0.25) is 0 Å². The molecule has 0 amide bonds. The summed E-state index contributed by atoms with van der Waals surface area (Å²) in [5, 5.41) is 2.47. The van der Waals surface area contributed by atoms with Crippen LogP contribution in [0, 0.1) is 0 Å². The number of methoxy groups -OCH3 is 1. The van der Waals surface area contributed by atoms with Crippen LogP contribution in [0.2, 0.25) is 0 Å². The quantitative estimate of drug-likeness (QED) is 0.875. The predicted molar refractivity (Wildman–Crippen MR) is 70.5 cm³/mol. The standard InChI is InChI=1S/C15H17NO/c1-17-14-7-6-13(15(10-16)8-9-15)11-4-2-3-5-12(11)14/h2-7H,8-10,16H2,1H3. The molecular weight excluding hydrogens is 210 g/mol. The van der Waals surface area contributed by atoms with Gasteiger partial charge in [0.25, 0.3) is 0 Å². The Labute approximate surface area is 101 Å². The van der Waals surface area contributed by atoms with E-state index in [1.54, 1.807) is 7.11 Å². The Bertz CT molecular complexity index is 558. The van der Waals surface area contributed by atoms with Gasteiger partial charge in [-0.1, -0.05) is 30.3 Å². The molecule has 1 fully saturated rings. The molecule has 17 heavy (non-hydrogen) atoms. The summed E-state index contributed by atoms with van der Waals surface area (Å²) in [4.78, 5) is 0. The Morgan fingerprint density at radius 3 is 2.41 bits per heavy atom. The van der Waals surface area contributed by atoms with Gasteiger partial charge in [0.15, 0.2) is 0 Å². The van der Waals surface area contributed by atoms with Crippen LogP contribution in [0.5, 0.6) is 5.75 Å². The zero-order valence-electron chi connectivity index (χ0n) is 10.1. The third kappa shape index (κ3) is 1.52. The Hall–Kier alpha value is -1.54. The van der Waals surface area contributed by atoms with E-state index in [2.05, 4.69) is 36.4 Å². The molecule has 0 bridgehead atoms. The minimum Gasteiger partial charge on any atom is -0.496 e. The second kappa shape index (κ2) is 3.74. The summed E-state index contributed by atoms with van der Waals surface area (Å²) >= 11 is 0. The van der Waals surface area contributed by atoms with Crippen molar-refractivity contribution in [2.45, 2.75) is 18.3 Å². The highest BCUT2D eigenvalue weighted by Crippen LogP contribution is 2.50. The first-order chi connectivity index (χ1) is 8.30. The first kappa shape index (κ1) is 10.6. The molecule has 0 spiro atoms. The lowest BCUT2D eigenvalue weighted by molar-refractivity contribution is 0.419. The maximum atomic E-state index is 5.93. The molecule has 2 aromatic carbocycles. The highest BCUT2D eigenvalue weighted by molar-refractivity contribution is 5.92. The lowest BCUT2D eigenvalue weighted by Gasteiger charge is -2.17. The number of benzene rings is 2. The summed E-state index contributed by atoms with van der Waals surface area (Å²) in [6, 6.07) is 12.7. The van der Waals surface area contributed by atoms with E-state index in [-0.39, 0.29) is 5.41 Å². The fourth-order valence-corrected chi connectivity index (χ4v) is 2.65. The SMILES string of the molecule is COc1ccc(C2(CN)CC2)c2ccccc12. The van der Waals surface area contributed by atoms with Gasteiger partial charge in [0, 0.05) is 17.3 Å². The molecular formula is C15H17NO. The third-order valence-corrected chi connectivity index (χ3v) is 3.92. The third-order valence-electron chi connectivity index (χ3n) is 3.92. The average Bonchev–Trinajstić information content (AvgIpc) is 3.18. The van der Waals surface area contributed by atoms with Crippen molar-refractivity contribution in [3.05, 3.63) is 42.0 Å². The monoisotopic (exact) mass is 227 g/mol. The van der Waals surface area contributed by atoms with Crippen LogP contribution in [-0.4, -0.2) is 13.7 Å². The number of rotatable bonds is 3. The van der Waals surface area contributed by atoms with Crippen molar-refractivity contribution in [3.63, 3.8) is 0 Å². The van der Waals surface area contributed by atoms with Gasteiger partial charge < -0.3 is 10.5 Å². The van der Waals surface area contributed by atoms with Crippen LogP contribution < -0.4 is 10.5 Å². The molecule has 3 rings (SSSR count). The molecule has 2 nitrogen and oxygen atoms in total. The van der Waals surface area contributed by atoms with E-state index in [0.29, 0.717) is 0 Å². The molecule has 2 N–H and O–H groups in total. The Morgan fingerprint density at radius 2 is 1.82 bits per heavy atom. The van der Waals surface area contributed by atoms with Crippen LogP contribution in [0.4, 0.5) is 0 Å². The molecule has 2 heteroatoms. The Morgan fingerprint density at radius 1 is 1.12 bits per heavy atom. The van der Waals surface area contributed by atoms with E-state index in [1.807, 2.05) is 0 Å². The summed E-state index contributed by atoms with van der Waals surface area (Å²) in [5.74, 6) is 0.942. The fraction of sp³-hybridized carbons (Fsp3) is 0.333. The summed E-state index contributed by atoms with van der Waals surface area (Å²) < 4.78 is 5.42. The van der Waals surface area contributed by atoms with Gasteiger partial charge >= 0.3 is 0 Å². The van der Waals surface area contributed by atoms with Crippen molar-refractivity contribution >= 4 is 10.8 Å². The zero-order chi connectivity index (χ0) is 11.9. The predicted octanol–water partition coefficient (Wildman–Crippen LogP) is 2.84. The first-order valence-electron chi connectivity index (χ1n) is 6.07. The normalized spacial score (nSPS) is 17.1. The van der Waals surface area contributed by atoms with Crippen LogP contribution in [0.25, 0.3) is 10.8 Å². The number of fused-ring (bicyclic) bond motifs is 1. The highest BCUT2D eigenvalue weighted by atomic mass is 16.5. The lowest BCUT2D eigenvalue weighted by Crippen LogP contribution is -2.20. The summed E-state index contributed by atoms with van der Waals surface area (Å²) in [5.41, 5.74) is 7.54. The maximum Gasteiger partial charge on any atom is 0.126 e. The summed E-state index contributed by atoms with van der Waals surface area (Å²) in [6.07, 6.45) is 2.42. The van der Waals surface area contributed by atoms with Gasteiger partial charge in [0.2, 0.25) is 0 Å². The van der Waals surface area contributed by atoms with Gasteiger partial charge in [-0.25, -0.2) is 0 Å². The number of nitrogens with two attached hydrogens (primary N) is 1. The largest absolute Gasteiger partial charge is 0.496 e. The van der Waals surface area contributed by atoms with Gasteiger partial charge in [-0.15, -0.1) is 0 Å². The molecule has 0 heterocycles. The van der Waals surface area contributed by atoms with Gasteiger partial charge in [-0.05, 0) is 29.9 Å². The number of hydrogen-bond donors (Lipinski definition) is 1. The van der Waals surface area contributed by atoms with Crippen molar-refractivity contribution in [3.8, 4) is 5.75 Å². The average molecular weight is 227 g/mol. The molecule has 0 atom stereocenters. The first-order valence-corrected chi connectivity index (χ1v) is 6.07. The lowest BCUT2D eigenvalue weighted by atomic mass is 9.90. The van der Waals surface area contributed by atoms with Gasteiger partial charge in [0.1, 0.15) is 5.75 Å². The van der Waals surface area contributed by atoms with E-state index >= 15 is 0 Å². The Balaban J connectivity index is 2.27. The van der Waals surface area contributed by atoms with E-state index in [1.165, 1.54) is 29.2 Å². The van der Waals surface area contributed by atoms with Crippen molar-refractivity contribution in [1.82, 2.24) is 0 Å². The fourth-order valence-electron chi connectivity index (χ4n) is 2.65. The van der Waals surface area contributed by atoms with E-state index in [4.69, 9.17) is 10.5 Å². The van der Waals surface area contributed by atoms with Crippen molar-refractivity contribution in [2.24, 2.45) is 5.73 Å². The maximum absolute atomic E-state index is 5.93. The van der Waals surface area contributed by atoms with E-state index in [0.717, 1.165) is 12.3 Å². The topological polar surface area (TPSA) is 35.2 Å². The summed E-state index contributed by atoms with van der Waals surface area (Å²) in [6.45, 7) is 0.739. The van der Waals surface area contributed by atoms with Crippen LogP contribution in [0.1, 0.15) is 18.4 Å². The van der Waals surface area contributed by atoms with Crippen LogP contribution in [0.3, 0.4) is 0 Å². The molecule has 1 saturated carbocycles.